The number of hydrogen-bond acceptors (Lipinski definition) is 6. The normalized spacial score (nSPS) is 30.4. The molecular weight excluding hydrogens is 450 g/mol. The highest BCUT2D eigenvalue weighted by molar-refractivity contribution is 7.15. The first-order valence-electron chi connectivity index (χ1n) is 13.0. The molecule has 1 aromatic rings. The molecule has 3 N–H and O–H groups in total. The molecule has 0 spiro atoms. The fourth-order valence-electron chi connectivity index (χ4n) is 6.30. The molecule has 1 aromatic heterocycles. The van der Waals surface area contributed by atoms with Crippen LogP contribution < -0.4 is 5.32 Å². The molecule has 0 aliphatic heterocycles. The minimum absolute atomic E-state index is 0.0179. The van der Waals surface area contributed by atoms with Crippen molar-refractivity contribution in [3.8, 4) is 0 Å². The summed E-state index contributed by atoms with van der Waals surface area (Å²) < 4.78 is 0. The molecule has 3 rings (SSSR count). The molecule has 2 amide bonds. The molecule has 8 heteroatoms. The predicted molar refractivity (Wildman–Crippen MR) is 136 cm³/mol. The van der Waals surface area contributed by atoms with Crippen molar-refractivity contribution >= 4 is 28.3 Å². The SMILES string of the molecule is CCCCCC(=O)Nc1nc2c(s1)CC1C(C)(CO)C(O)CCC1(C)C2CC(=O)N(CC)CC. The van der Waals surface area contributed by atoms with Crippen LogP contribution in [0.4, 0.5) is 5.13 Å². The van der Waals surface area contributed by atoms with Crippen LogP contribution >= 0.6 is 11.3 Å². The minimum atomic E-state index is -0.644. The predicted octanol–water partition coefficient (Wildman–Crippen LogP) is 4.34. The first-order valence-corrected chi connectivity index (χ1v) is 13.8. The number of anilines is 1. The molecule has 0 radical (unpaired) electrons. The first-order chi connectivity index (χ1) is 16.1. The second kappa shape index (κ2) is 11.0. The van der Waals surface area contributed by atoms with Crippen LogP contribution in [-0.2, 0) is 16.0 Å². The van der Waals surface area contributed by atoms with Crippen LogP contribution in [0.15, 0.2) is 0 Å². The van der Waals surface area contributed by atoms with E-state index in [0.717, 1.165) is 36.3 Å². The summed E-state index contributed by atoms with van der Waals surface area (Å²) in [5, 5.41) is 24.8. The molecular formula is C26H43N3O4S. The molecule has 0 saturated heterocycles. The number of fused-ring (bicyclic) bond motifs is 2. The second-order valence-electron chi connectivity index (χ2n) is 10.6. The first kappa shape index (κ1) is 27.1. The van der Waals surface area contributed by atoms with Crippen molar-refractivity contribution in [2.45, 2.75) is 98.0 Å². The van der Waals surface area contributed by atoms with Crippen LogP contribution in [0.3, 0.4) is 0 Å². The molecule has 2 aliphatic carbocycles. The van der Waals surface area contributed by atoms with E-state index >= 15 is 0 Å². The number of unbranched alkanes of at least 4 members (excludes halogenated alkanes) is 2. The Bertz CT molecular complexity index is 870. The lowest BCUT2D eigenvalue weighted by atomic mass is 9.47. The molecule has 5 atom stereocenters. The average Bonchev–Trinajstić information content (AvgIpc) is 3.20. The maximum Gasteiger partial charge on any atom is 0.226 e. The monoisotopic (exact) mass is 493 g/mol. The Balaban J connectivity index is 1.97. The summed E-state index contributed by atoms with van der Waals surface area (Å²) >= 11 is 1.49. The number of thiazole rings is 1. The summed E-state index contributed by atoms with van der Waals surface area (Å²) in [7, 11) is 0. The van der Waals surface area contributed by atoms with Gasteiger partial charge in [0.1, 0.15) is 0 Å². The molecule has 0 aromatic carbocycles. The molecule has 1 saturated carbocycles. The second-order valence-corrected chi connectivity index (χ2v) is 11.7. The van der Waals surface area contributed by atoms with Crippen LogP contribution in [0.2, 0.25) is 0 Å². The highest BCUT2D eigenvalue weighted by Gasteiger charge is 2.59. The van der Waals surface area contributed by atoms with Gasteiger partial charge in [0.15, 0.2) is 5.13 Å². The van der Waals surface area contributed by atoms with Crippen molar-refractivity contribution in [1.29, 1.82) is 0 Å². The number of aromatic nitrogens is 1. The number of aliphatic hydroxyl groups is 2. The van der Waals surface area contributed by atoms with E-state index in [-0.39, 0.29) is 35.7 Å². The molecule has 1 heterocycles. The Hall–Kier alpha value is -1.51. The van der Waals surface area contributed by atoms with Crippen molar-refractivity contribution in [2.24, 2.45) is 16.7 Å². The molecule has 192 valence electrons. The number of hydrogen-bond donors (Lipinski definition) is 3. The Morgan fingerprint density at radius 2 is 1.91 bits per heavy atom. The molecule has 0 bridgehead atoms. The van der Waals surface area contributed by atoms with Gasteiger partial charge in [0.05, 0.1) is 18.4 Å². The summed E-state index contributed by atoms with van der Waals surface area (Å²) in [6, 6.07) is 0. The van der Waals surface area contributed by atoms with Gasteiger partial charge in [0.2, 0.25) is 11.8 Å². The van der Waals surface area contributed by atoms with Gasteiger partial charge in [-0.05, 0) is 50.9 Å². The van der Waals surface area contributed by atoms with Gasteiger partial charge < -0.3 is 20.4 Å². The van der Waals surface area contributed by atoms with E-state index in [4.69, 9.17) is 4.98 Å². The summed E-state index contributed by atoms with van der Waals surface area (Å²) in [4.78, 5) is 33.5. The van der Waals surface area contributed by atoms with Gasteiger partial charge in [-0.25, -0.2) is 4.98 Å². The third kappa shape index (κ3) is 5.05. The van der Waals surface area contributed by atoms with Gasteiger partial charge in [0.25, 0.3) is 0 Å². The smallest absolute Gasteiger partial charge is 0.226 e. The summed E-state index contributed by atoms with van der Waals surface area (Å²) in [5.74, 6) is -0.00797. The van der Waals surface area contributed by atoms with E-state index < -0.39 is 11.5 Å². The lowest BCUT2D eigenvalue weighted by Gasteiger charge is -2.58. The van der Waals surface area contributed by atoms with Gasteiger partial charge in [-0.3, -0.25) is 9.59 Å². The van der Waals surface area contributed by atoms with Crippen LogP contribution in [0, 0.1) is 16.7 Å². The van der Waals surface area contributed by atoms with Crippen molar-refractivity contribution < 1.29 is 19.8 Å². The fraction of sp³-hybridized carbons (Fsp3) is 0.808. The lowest BCUT2D eigenvalue weighted by Crippen LogP contribution is -2.57. The van der Waals surface area contributed by atoms with Gasteiger partial charge >= 0.3 is 0 Å². The number of aliphatic hydroxyl groups excluding tert-OH is 2. The standard InChI is InChI=1S/C26H43N3O4S/c1-6-9-10-11-21(32)27-24-28-23-17(14-22(33)29(7-2)8-3)25(4)13-12-20(31)26(5,16-30)19(25)15-18(23)34-24/h17,19-20,30-31H,6-16H2,1-5H3,(H,27,28,32). The highest BCUT2D eigenvalue weighted by atomic mass is 32.1. The Labute approximate surface area is 208 Å². The van der Waals surface area contributed by atoms with Crippen LogP contribution in [-0.4, -0.2) is 57.7 Å². The zero-order valence-electron chi connectivity index (χ0n) is 21.5. The molecule has 34 heavy (non-hydrogen) atoms. The van der Waals surface area contributed by atoms with Crippen LogP contribution in [0.1, 0.15) is 96.1 Å². The lowest BCUT2D eigenvalue weighted by molar-refractivity contribution is -0.147. The fourth-order valence-corrected chi connectivity index (χ4v) is 7.38. The number of nitrogens with one attached hydrogen (secondary N) is 1. The Morgan fingerprint density at radius 1 is 1.21 bits per heavy atom. The number of rotatable bonds is 10. The van der Waals surface area contributed by atoms with Crippen molar-refractivity contribution in [3.05, 3.63) is 10.6 Å². The van der Waals surface area contributed by atoms with Crippen molar-refractivity contribution in [3.63, 3.8) is 0 Å². The van der Waals surface area contributed by atoms with Crippen LogP contribution in [0.25, 0.3) is 0 Å². The van der Waals surface area contributed by atoms with E-state index in [0.29, 0.717) is 43.9 Å². The van der Waals surface area contributed by atoms with Gasteiger partial charge in [-0.1, -0.05) is 33.6 Å². The Kier molecular flexibility index (Phi) is 8.80. The van der Waals surface area contributed by atoms with Gasteiger partial charge in [-0.2, -0.15) is 0 Å². The molecule has 2 aliphatic rings. The van der Waals surface area contributed by atoms with E-state index in [9.17, 15) is 19.8 Å². The maximum atomic E-state index is 13.3. The quantitative estimate of drug-likeness (QED) is 0.421. The van der Waals surface area contributed by atoms with Crippen molar-refractivity contribution in [1.82, 2.24) is 9.88 Å². The molecule has 5 unspecified atom stereocenters. The highest BCUT2D eigenvalue weighted by Crippen LogP contribution is 2.62. The van der Waals surface area contributed by atoms with E-state index in [1.165, 1.54) is 11.3 Å². The maximum absolute atomic E-state index is 13.3. The van der Waals surface area contributed by atoms with Crippen LogP contribution in [0.5, 0.6) is 0 Å². The molecule has 1 fully saturated rings. The Morgan fingerprint density at radius 3 is 2.53 bits per heavy atom. The zero-order chi connectivity index (χ0) is 25.1. The third-order valence-corrected chi connectivity index (χ3v) is 9.65. The number of amides is 2. The van der Waals surface area contributed by atoms with Crippen molar-refractivity contribution in [2.75, 3.05) is 25.0 Å². The van der Waals surface area contributed by atoms with Gasteiger partial charge in [0, 0.05) is 42.1 Å². The number of nitrogens with zero attached hydrogens (tertiary/aromatic N) is 2. The van der Waals surface area contributed by atoms with E-state index in [2.05, 4.69) is 19.2 Å². The topological polar surface area (TPSA) is 103 Å². The van der Waals surface area contributed by atoms with E-state index in [1.54, 1.807) is 0 Å². The van der Waals surface area contributed by atoms with Gasteiger partial charge in [-0.15, -0.1) is 11.3 Å². The summed E-state index contributed by atoms with van der Waals surface area (Å²) in [6.45, 7) is 11.5. The number of carbonyl (C=O) groups excluding carboxylic acids is 2. The third-order valence-electron chi connectivity index (χ3n) is 8.64. The number of carbonyl (C=O) groups is 2. The largest absolute Gasteiger partial charge is 0.396 e. The zero-order valence-corrected chi connectivity index (χ0v) is 22.3. The minimum Gasteiger partial charge on any atom is -0.396 e. The molecule has 7 nitrogen and oxygen atoms in total. The van der Waals surface area contributed by atoms with E-state index in [1.807, 2.05) is 25.7 Å². The summed E-state index contributed by atoms with van der Waals surface area (Å²) in [5.41, 5.74) is 0.00220. The summed E-state index contributed by atoms with van der Waals surface area (Å²) in [6.07, 6.45) is 5.28. The average molecular weight is 494 g/mol.